The lowest BCUT2D eigenvalue weighted by atomic mass is 10.1. The average molecular weight is 303 g/mol. The molecular weight excluding hydrogens is 278 g/mol. The number of benzene rings is 1. The summed E-state index contributed by atoms with van der Waals surface area (Å²) in [5, 5.41) is 0. The van der Waals surface area contributed by atoms with Crippen molar-refractivity contribution in [1.29, 1.82) is 0 Å². The Balaban J connectivity index is 1.42. The zero-order valence-corrected chi connectivity index (χ0v) is 13.3. The van der Waals surface area contributed by atoms with Crippen LogP contribution < -0.4 is 0 Å². The molecule has 0 aromatic heterocycles. The van der Waals surface area contributed by atoms with Crippen LogP contribution in [-0.4, -0.2) is 49.8 Å². The van der Waals surface area contributed by atoms with Gasteiger partial charge >= 0.3 is 0 Å². The van der Waals surface area contributed by atoms with Crippen LogP contribution in [0.25, 0.3) is 0 Å². The molecule has 120 valence electrons. The molecular formula is C18H25NO3. The Morgan fingerprint density at radius 1 is 1.27 bits per heavy atom. The van der Waals surface area contributed by atoms with Gasteiger partial charge in [0.2, 0.25) is 5.91 Å². The molecule has 1 heterocycles. The van der Waals surface area contributed by atoms with Gasteiger partial charge in [0.15, 0.2) is 0 Å². The quantitative estimate of drug-likeness (QED) is 0.837. The van der Waals surface area contributed by atoms with E-state index in [1.807, 2.05) is 11.9 Å². The van der Waals surface area contributed by atoms with Gasteiger partial charge < -0.3 is 14.4 Å². The molecule has 1 amide bonds. The predicted octanol–water partition coefficient (Wildman–Crippen LogP) is 2.20. The van der Waals surface area contributed by atoms with E-state index in [1.54, 1.807) is 0 Å². The summed E-state index contributed by atoms with van der Waals surface area (Å²) in [6.07, 6.45) is 5.45. The number of ether oxygens (including phenoxy) is 2. The van der Waals surface area contributed by atoms with Crippen molar-refractivity contribution < 1.29 is 14.3 Å². The highest BCUT2D eigenvalue weighted by molar-refractivity contribution is 5.77. The standard InChI is InChI=1S/C18H25NO3/c1-19(16-10-14-6-2-3-7-15(14)11-16)18(20)13-21-12-17-8-4-5-9-22-17/h2-3,6-7,16-17H,4-5,8-13H2,1H3. The van der Waals surface area contributed by atoms with Gasteiger partial charge in [-0.05, 0) is 43.2 Å². The van der Waals surface area contributed by atoms with Crippen molar-refractivity contribution in [3.05, 3.63) is 35.4 Å². The summed E-state index contributed by atoms with van der Waals surface area (Å²) < 4.78 is 11.2. The maximum Gasteiger partial charge on any atom is 0.248 e. The predicted molar refractivity (Wildman–Crippen MR) is 84.8 cm³/mol. The Morgan fingerprint density at radius 2 is 2.00 bits per heavy atom. The molecule has 1 unspecified atom stereocenters. The first kappa shape index (κ1) is 15.5. The van der Waals surface area contributed by atoms with E-state index in [4.69, 9.17) is 9.47 Å². The van der Waals surface area contributed by atoms with Crippen LogP contribution in [0.5, 0.6) is 0 Å². The van der Waals surface area contributed by atoms with Crippen molar-refractivity contribution >= 4 is 5.91 Å². The molecule has 1 aliphatic carbocycles. The van der Waals surface area contributed by atoms with Gasteiger partial charge in [0.1, 0.15) is 6.61 Å². The molecule has 0 radical (unpaired) electrons. The van der Waals surface area contributed by atoms with E-state index < -0.39 is 0 Å². The van der Waals surface area contributed by atoms with E-state index in [0.29, 0.717) is 6.61 Å². The number of carbonyl (C=O) groups excluding carboxylic acids is 1. The van der Waals surface area contributed by atoms with Gasteiger partial charge in [-0.2, -0.15) is 0 Å². The zero-order valence-electron chi connectivity index (χ0n) is 13.3. The second-order valence-electron chi connectivity index (χ2n) is 6.34. The highest BCUT2D eigenvalue weighted by atomic mass is 16.5. The summed E-state index contributed by atoms with van der Waals surface area (Å²) in [7, 11) is 1.89. The molecule has 0 saturated carbocycles. The van der Waals surface area contributed by atoms with Gasteiger partial charge in [-0.25, -0.2) is 0 Å². The van der Waals surface area contributed by atoms with E-state index in [9.17, 15) is 4.79 Å². The van der Waals surface area contributed by atoms with Crippen molar-refractivity contribution in [2.24, 2.45) is 0 Å². The number of fused-ring (bicyclic) bond motifs is 1. The third-order valence-corrected chi connectivity index (χ3v) is 4.77. The molecule has 0 bridgehead atoms. The molecule has 4 nitrogen and oxygen atoms in total. The molecule has 1 aromatic rings. The molecule has 3 rings (SSSR count). The van der Waals surface area contributed by atoms with Gasteiger partial charge in [0.05, 0.1) is 12.7 Å². The fourth-order valence-corrected chi connectivity index (χ4v) is 3.33. The van der Waals surface area contributed by atoms with Crippen LogP contribution in [0, 0.1) is 0 Å². The van der Waals surface area contributed by atoms with Gasteiger partial charge in [0.25, 0.3) is 0 Å². The van der Waals surface area contributed by atoms with Crippen LogP contribution in [0.1, 0.15) is 30.4 Å². The lowest BCUT2D eigenvalue weighted by Crippen LogP contribution is -2.40. The van der Waals surface area contributed by atoms with Crippen LogP contribution in [0.4, 0.5) is 0 Å². The highest BCUT2D eigenvalue weighted by Gasteiger charge is 2.27. The minimum Gasteiger partial charge on any atom is -0.376 e. The Kier molecular flexibility index (Phi) is 5.11. The normalized spacial score (nSPS) is 21.6. The van der Waals surface area contributed by atoms with E-state index in [1.165, 1.54) is 17.5 Å². The lowest BCUT2D eigenvalue weighted by Gasteiger charge is -2.26. The second-order valence-corrected chi connectivity index (χ2v) is 6.34. The minimum atomic E-state index is 0.0635. The van der Waals surface area contributed by atoms with Gasteiger partial charge in [0, 0.05) is 19.7 Å². The van der Waals surface area contributed by atoms with Gasteiger partial charge in [-0.15, -0.1) is 0 Å². The number of carbonyl (C=O) groups is 1. The number of nitrogens with zero attached hydrogens (tertiary/aromatic N) is 1. The molecule has 0 spiro atoms. The molecule has 1 atom stereocenters. The fraction of sp³-hybridized carbons (Fsp3) is 0.611. The Hall–Kier alpha value is -1.39. The summed E-state index contributed by atoms with van der Waals surface area (Å²) in [6.45, 7) is 1.51. The first-order chi connectivity index (χ1) is 10.7. The average Bonchev–Trinajstić information content (AvgIpc) is 2.99. The number of hydrogen-bond acceptors (Lipinski definition) is 3. The van der Waals surface area contributed by atoms with E-state index in [-0.39, 0.29) is 24.7 Å². The van der Waals surface area contributed by atoms with Crippen molar-refractivity contribution in [3.63, 3.8) is 0 Å². The van der Waals surface area contributed by atoms with E-state index in [0.717, 1.165) is 32.3 Å². The van der Waals surface area contributed by atoms with Crippen molar-refractivity contribution in [2.45, 2.75) is 44.2 Å². The third kappa shape index (κ3) is 3.68. The van der Waals surface area contributed by atoms with E-state index in [2.05, 4.69) is 24.3 Å². The molecule has 4 heteroatoms. The summed E-state index contributed by atoms with van der Waals surface area (Å²) in [5.41, 5.74) is 2.73. The summed E-state index contributed by atoms with van der Waals surface area (Å²) in [5.74, 6) is 0.0635. The smallest absolute Gasteiger partial charge is 0.248 e. The minimum absolute atomic E-state index is 0.0635. The molecule has 1 saturated heterocycles. The van der Waals surface area contributed by atoms with Crippen LogP contribution >= 0.6 is 0 Å². The number of amides is 1. The zero-order chi connectivity index (χ0) is 15.4. The van der Waals surface area contributed by atoms with Gasteiger partial charge in [-0.3, -0.25) is 4.79 Å². The van der Waals surface area contributed by atoms with Crippen LogP contribution in [0.15, 0.2) is 24.3 Å². The molecule has 1 aliphatic heterocycles. The molecule has 22 heavy (non-hydrogen) atoms. The second kappa shape index (κ2) is 7.25. The summed E-state index contributed by atoms with van der Waals surface area (Å²) >= 11 is 0. The summed E-state index contributed by atoms with van der Waals surface area (Å²) in [4.78, 5) is 14.1. The molecule has 2 aliphatic rings. The Bertz CT molecular complexity index is 486. The third-order valence-electron chi connectivity index (χ3n) is 4.77. The number of hydrogen-bond donors (Lipinski definition) is 0. The fourth-order valence-electron chi connectivity index (χ4n) is 3.33. The van der Waals surface area contributed by atoms with Crippen molar-refractivity contribution in [3.8, 4) is 0 Å². The first-order valence-corrected chi connectivity index (χ1v) is 8.26. The van der Waals surface area contributed by atoms with E-state index >= 15 is 0 Å². The monoisotopic (exact) mass is 303 g/mol. The lowest BCUT2D eigenvalue weighted by molar-refractivity contribution is -0.138. The first-order valence-electron chi connectivity index (χ1n) is 8.26. The summed E-state index contributed by atoms with van der Waals surface area (Å²) in [6, 6.07) is 8.71. The largest absolute Gasteiger partial charge is 0.376 e. The highest BCUT2D eigenvalue weighted by Crippen LogP contribution is 2.24. The van der Waals surface area contributed by atoms with Crippen LogP contribution in [0.2, 0.25) is 0 Å². The molecule has 0 N–H and O–H groups in total. The maximum atomic E-state index is 12.3. The SMILES string of the molecule is CN(C(=O)COCC1CCCCO1)C1Cc2ccccc2C1. The Labute approximate surface area is 132 Å². The number of likely N-dealkylation sites (N-methyl/N-ethyl adjacent to an activating group) is 1. The molecule has 1 fully saturated rings. The maximum absolute atomic E-state index is 12.3. The van der Waals surface area contributed by atoms with Crippen molar-refractivity contribution in [2.75, 3.05) is 26.9 Å². The van der Waals surface area contributed by atoms with Gasteiger partial charge in [-0.1, -0.05) is 24.3 Å². The number of rotatable bonds is 5. The Morgan fingerprint density at radius 3 is 2.64 bits per heavy atom. The van der Waals surface area contributed by atoms with Crippen LogP contribution in [-0.2, 0) is 27.1 Å². The van der Waals surface area contributed by atoms with Crippen molar-refractivity contribution in [1.82, 2.24) is 4.90 Å². The topological polar surface area (TPSA) is 38.8 Å². The van der Waals surface area contributed by atoms with Crippen LogP contribution in [0.3, 0.4) is 0 Å². The molecule has 1 aromatic carbocycles.